The maximum absolute atomic E-state index is 16.4. The monoisotopic (exact) mass is 588 g/mol. The van der Waals surface area contributed by atoms with Crippen LogP contribution in [-0.2, 0) is 17.6 Å². The Morgan fingerprint density at radius 3 is 2.67 bits per heavy atom. The Bertz CT molecular complexity index is 1700. The van der Waals surface area contributed by atoms with E-state index in [1.54, 1.807) is 6.92 Å². The van der Waals surface area contributed by atoms with Crippen LogP contribution in [0, 0.1) is 19.7 Å². The van der Waals surface area contributed by atoms with Crippen molar-refractivity contribution in [1.82, 2.24) is 15.2 Å². The van der Waals surface area contributed by atoms with Gasteiger partial charge in [-0.1, -0.05) is 24.2 Å². The zero-order valence-corrected chi connectivity index (χ0v) is 25.6. The van der Waals surface area contributed by atoms with E-state index in [-0.39, 0.29) is 23.8 Å². The van der Waals surface area contributed by atoms with E-state index in [1.165, 1.54) is 0 Å². The number of aromatic nitrogens is 3. The minimum Gasteiger partial charge on any atom is -0.490 e. The van der Waals surface area contributed by atoms with Crippen LogP contribution in [0.3, 0.4) is 0 Å². The Morgan fingerprint density at radius 1 is 1.23 bits per heavy atom. The molecule has 1 atom stereocenters. The van der Waals surface area contributed by atoms with Gasteiger partial charge in [-0.15, -0.1) is 5.10 Å². The fraction of sp³-hybridized carbons (Fsp3) is 0.455. The van der Waals surface area contributed by atoms with E-state index >= 15 is 4.39 Å². The van der Waals surface area contributed by atoms with E-state index in [1.807, 2.05) is 45.6 Å². The van der Waals surface area contributed by atoms with Crippen LogP contribution in [-0.4, -0.2) is 51.6 Å². The van der Waals surface area contributed by atoms with Gasteiger partial charge in [0.1, 0.15) is 5.60 Å². The van der Waals surface area contributed by atoms with Gasteiger partial charge in [-0.2, -0.15) is 4.39 Å². The lowest BCUT2D eigenvalue weighted by atomic mass is 9.85. The fourth-order valence-electron chi connectivity index (χ4n) is 6.34. The summed E-state index contributed by atoms with van der Waals surface area (Å²) in [7, 11) is 0. The molecule has 0 saturated carbocycles. The smallest absolute Gasteiger partial charge is 0.318 e. The van der Waals surface area contributed by atoms with Crippen molar-refractivity contribution in [2.24, 2.45) is 0 Å². The van der Waals surface area contributed by atoms with Crippen molar-refractivity contribution in [3.8, 4) is 22.6 Å². The lowest BCUT2D eigenvalue weighted by Gasteiger charge is -2.30. The van der Waals surface area contributed by atoms with Crippen molar-refractivity contribution in [2.75, 3.05) is 24.6 Å². The van der Waals surface area contributed by atoms with Crippen LogP contribution >= 0.6 is 0 Å². The van der Waals surface area contributed by atoms with Crippen LogP contribution in [0.4, 0.5) is 10.4 Å². The normalized spacial score (nSPS) is 17.9. The number of halogens is 1. The molecule has 3 aliphatic rings. The van der Waals surface area contributed by atoms with Crippen LogP contribution in [0.15, 0.2) is 16.6 Å². The summed E-state index contributed by atoms with van der Waals surface area (Å²) in [6, 6.07) is 0.433. The first-order valence-corrected chi connectivity index (χ1v) is 14.7. The molecule has 226 valence electrons. The highest BCUT2D eigenvalue weighted by Crippen LogP contribution is 2.52. The molecule has 1 fully saturated rings. The van der Waals surface area contributed by atoms with Gasteiger partial charge in [0, 0.05) is 52.5 Å². The van der Waals surface area contributed by atoms with Crippen LogP contribution in [0.1, 0.15) is 86.0 Å². The van der Waals surface area contributed by atoms with Gasteiger partial charge in [0.05, 0.1) is 18.7 Å². The molecule has 9 nitrogen and oxygen atoms in total. The van der Waals surface area contributed by atoms with Gasteiger partial charge < -0.3 is 23.9 Å². The van der Waals surface area contributed by atoms with E-state index in [0.29, 0.717) is 59.4 Å². The molecule has 6 rings (SSSR count). The lowest BCUT2D eigenvalue weighted by molar-refractivity contribution is -0.136. The van der Waals surface area contributed by atoms with Gasteiger partial charge in [0.15, 0.2) is 11.5 Å². The van der Waals surface area contributed by atoms with Gasteiger partial charge in [-0.25, -0.2) is 0 Å². The number of nitrogens with zero attached hydrogens (tertiary/aromatic N) is 4. The number of allylic oxidation sites excluding steroid dienone is 1. The van der Waals surface area contributed by atoms with E-state index < -0.39 is 17.4 Å². The summed E-state index contributed by atoms with van der Waals surface area (Å²) in [6.07, 6.45) is 3.93. The largest absolute Gasteiger partial charge is 0.490 e. The molecule has 1 N–H and O–H groups in total. The minimum atomic E-state index is -1.01. The Kier molecular flexibility index (Phi) is 7.06. The molecule has 43 heavy (non-hydrogen) atoms. The first kappa shape index (κ1) is 28.9. The number of hydrogen-bond donors (Lipinski definition) is 1. The molecule has 1 saturated heterocycles. The third-order valence-corrected chi connectivity index (χ3v) is 8.36. The molecule has 0 bridgehead atoms. The second-order valence-electron chi connectivity index (χ2n) is 12.7. The number of pyridine rings is 1. The summed E-state index contributed by atoms with van der Waals surface area (Å²) in [6.45, 7) is 17.2. The zero-order chi connectivity index (χ0) is 30.8. The van der Waals surface area contributed by atoms with Crippen LogP contribution in [0.5, 0.6) is 11.5 Å². The Morgan fingerprint density at radius 2 is 2.00 bits per heavy atom. The number of carbonyl (C=O) groups is 1. The molecule has 0 radical (unpaired) electrons. The molecule has 4 heterocycles. The number of aryl methyl sites for hydroxylation is 1. The molecule has 1 unspecified atom stereocenters. The molecule has 1 aromatic carbocycles. The molecule has 3 aromatic rings. The molecular weight excluding hydrogens is 551 g/mol. The standard InChI is InChI=1S/C33H37FN4O5/c1-16-10-11-38(15-16)32-37-36-31(42-32)21-13-23-26(22(14-24(39)40)19(4)35-28(23)18(21)3)25-17(2)20-9-8-12-41-29(20)27(34)30(25)43-33(5,6)7/h13,18H,1,8-12,14-15H2,2-7H3,(H,39,40). The van der Waals surface area contributed by atoms with Gasteiger partial charge in [0.2, 0.25) is 11.7 Å². The number of carboxylic acids is 1. The fourth-order valence-corrected chi connectivity index (χ4v) is 6.34. The minimum absolute atomic E-state index is 0.0499. The van der Waals surface area contributed by atoms with E-state index in [9.17, 15) is 9.90 Å². The zero-order valence-electron chi connectivity index (χ0n) is 25.6. The van der Waals surface area contributed by atoms with Gasteiger partial charge in [-0.3, -0.25) is 9.78 Å². The summed E-state index contributed by atoms with van der Waals surface area (Å²) < 4.78 is 34.7. The van der Waals surface area contributed by atoms with Crippen LogP contribution in [0.25, 0.3) is 22.8 Å². The topological polar surface area (TPSA) is 111 Å². The number of hydrogen-bond acceptors (Lipinski definition) is 8. The molecule has 2 aromatic heterocycles. The maximum atomic E-state index is 16.4. The predicted molar refractivity (Wildman–Crippen MR) is 161 cm³/mol. The van der Waals surface area contributed by atoms with Crippen molar-refractivity contribution in [3.63, 3.8) is 0 Å². The number of aliphatic carboxylic acids is 1. The Labute approximate surface area is 250 Å². The van der Waals surface area contributed by atoms with E-state index in [0.717, 1.165) is 47.4 Å². The summed E-state index contributed by atoms with van der Waals surface area (Å²) in [4.78, 5) is 19.1. The van der Waals surface area contributed by atoms with Crippen LogP contribution < -0.4 is 14.4 Å². The number of carboxylic acid groups (broad SMARTS) is 1. The number of anilines is 1. The quantitative estimate of drug-likeness (QED) is 0.325. The van der Waals surface area contributed by atoms with Crippen molar-refractivity contribution in [2.45, 2.75) is 78.7 Å². The highest BCUT2D eigenvalue weighted by Gasteiger charge is 2.37. The highest BCUT2D eigenvalue weighted by atomic mass is 19.1. The molecule has 10 heteroatoms. The molecule has 1 aliphatic carbocycles. The number of fused-ring (bicyclic) bond motifs is 2. The van der Waals surface area contributed by atoms with Crippen molar-refractivity contribution in [1.29, 1.82) is 0 Å². The molecule has 2 aliphatic heterocycles. The van der Waals surface area contributed by atoms with Gasteiger partial charge >= 0.3 is 12.0 Å². The second kappa shape index (κ2) is 10.5. The Hall–Kier alpha value is -4.21. The lowest BCUT2D eigenvalue weighted by Crippen LogP contribution is -2.25. The summed E-state index contributed by atoms with van der Waals surface area (Å²) in [5.74, 6) is -1.18. The second-order valence-corrected chi connectivity index (χ2v) is 12.7. The number of benzene rings is 1. The maximum Gasteiger partial charge on any atom is 0.318 e. The average Bonchev–Trinajstić information content (AvgIpc) is 3.67. The first-order valence-electron chi connectivity index (χ1n) is 14.7. The third kappa shape index (κ3) is 5.06. The molecule has 0 spiro atoms. The van der Waals surface area contributed by atoms with Crippen molar-refractivity contribution >= 4 is 23.6 Å². The predicted octanol–water partition coefficient (Wildman–Crippen LogP) is 6.44. The molecular formula is C33H37FN4O5. The average molecular weight is 589 g/mol. The SMILES string of the molecule is C=C1CCN(c2nnc(C3=Cc4c(nc(C)c(CC(=O)O)c4-c4c(C)c5c(c(F)c4OC(C)(C)C)OCCC5)C3C)o2)C1. The Balaban J connectivity index is 1.60. The van der Waals surface area contributed by atoms with Gasteiger partial charge in [0.25, 0.3) is 0 Å². The summed E-state index contributed by atoms with van der Waals surface area (Å²) in [5, 5.41) is 18.7. The van der Waals surface area contributed by atoms with Crippen molar-refractivity contribution in [3.05, 3.63) is 57.5 Å². The summed E-state index contributed by atoms with van der Waals surface area (Å²) >= 11 is 0. The number of ether oxygens (including phenoxy) is 2. The first-order chi connectivity index (χ1) is 20.3. The van der Waals surface area contributed by atoms with Gasteiger partial charge in [-0.05, 0) is 71.1 Å². The van der Waals surface area contributed by atoms with Crippen LogP contribution in [0.2, 0.25) is 0 Å². The van der Waals surface area contributed by atoms with E-state index in [2.05, 4.69) is 16.8 Å². The van der Waals surface area contributed by atoms with E-state index in [4.69, 9.17) is 18.9 Å². The summed E-state index contributed by atoms with van der Waals surface area (Å²) in [5.41, 5.74) is 6.37. The molecule has 0 amide bonds. The van der Waals surface area contributed by atoms with Crippen molar-refractivity contribution < 1.29 is 28.2 Å². The third-order valence-electron chi connectivity index (χ3n) is 8.36. The number of rotatable bonds is 6. The highest BCUT2D eigenvalue weighted by molar-refractivity contribution is 5.97.